The van der Waals surface area contributed by atoms with Crippen LogP contribution in [-0.2, 0) is 11.3 Å². The van der Waals surface area contributed by atoms with Crippen LogP contribution in [-0.4, -0.2) is 35.6 Å². The van der Waals surface area contributed by atoms with Crippen LogP contribution in [0.25, 0.3) is 0 Å². The number of carboxylic acid groups (broad SMARTS) is 1. The van der Waals surface area contributed by atoms with Crippen LogP contribution in [0.5, 0.6) is 0 Å². The number of thiophene rings is 1. The van der Waals surface area contributed by atoms with Gasteiger partial charge in [-0.2, -0.15) is 11.3 Å². The Morgan fingerprint density at radius 3 is 2.83 bits per heavy atom. The fourth-order valence-corrected chi connectivity index (χ4v) is 2.12. The molecule has 0 unspecified atom stereocenters. The van der Waals surface area contributed by atoms with Crippen molar-refractivity contribution in [2.75, 3.05) is 13.6 Å². The molecule has 0 saturated heterocycles. The van der Waals surface area contributed by atoms with Crippen LogP contribution in [0, 0.1) is 0 Å². The summed E-state index contributed by atoms with van der Waals surface area (Å²) in [5.41, 5.74) is 1.11. The summed E-state index contributed by atoms with van der Waals surface area (Å²) in [6.45, 7) is 1.10. The average molecular weight is 270 g/mol. The number of amides is 2. The molecule has 1 aromatic rings. The highest BCUT2D eigenvalue weighted by Crippen LogP contribution is 2.08. The standard InChI is InChI=1S/C12H18N2O3S/c1-14(8-10-5-7-18-9-10)12(17)13-6-3-2-4-11(15)16/h5,7,9H,2-4,6,8H2,1H3,(H,13,17)(H,15,16). The number of rotatable bonds is 7. The third-order valence-corrected chi connectivity index (χ3v) is 3.17. The third-order valence-electron chi connectivity index (χ3n) is 2.44. The number of carbonyl (C=O) groups is 2. The van der Waals surface area contributed by atoms with E-state index in [9.17, 15) is 9.59 Å². The summed E-state index contributed by atoms with van der Waals surface area (Å²) in [6.07, 6.45) is 1.43. The molecule has 0 saturated carbocycles. The monoisotopic (exact) mass is 270 g/mol. The van der Waals surface area contributed by atoms with E-state index in [2.05, 4.69) is 5.32 Å². The first-order valence-corrected chi connectivity index (χ1v) is 6.75. The highest BCUT2D eigenvalue weighted by molar-refractivity contribution is 7.07. The Bertz CT molecular complexity index is 379. The summed E-state index contributed by atoms with van der Waals surface area (Å²) >= 11 is 1.61. The van der Waals surface area contributed by atoms with E-state index in [4.69, 9.17) is 5.11 Å². The number of unbranched alkanes of at least 4 members (excludes halogenated alkanes) is 1. The minimum Gasteiger partial charge on any atom is -0.481 e. The van der Waals surface area contributed by atoms with Gasteiger partial charge in [0.05, 0.1) is 0 Å². The second-order valence-corrected chi connectivity index (χ2v) is 4.85. The van der Waals surface area contributed by atoms with Crippen molar-refractivity contribution in [2.24, 2.45) is 0 Å². The van der Waals surface area contributed by atoms with Crippen LogP contribution in [0.2, 0.25) is 0 Å². The Hall–Kier alpha value is -1.56. The Labute approximate surface area is 110 Å². The Morgan fingerprint density at radius 1 is 1.44 bits per heavy atom. The van der Waals surface area contributed by atoms with Crippen molar-refractivity contribution in [3.8, 4) is 0 Å². The summed E-state index contributed by atoms with van der Waals surface area (Å²) in [6, 6.07) is 1.86. The number of hydrogen-bond acceptors (Lipinski definition) is 3. The van der Waals surface area contributed by atoms with Crippen molar-refractivity contribution in [3.05, 3.63) is 22.4 Å². The van der Waals surface area contributed by atoms with Crippen LogP contribution in [0.15, 0.2) is 16.8 Å². The lowest BCUT2D eigenvalue weighted by Crippen LogP contribution is -2.37. The number of urea groups is 1. The smallest absolute Gasteiger partial charge is 0.317 e. The first kappa shape index (κ1) is 14.5. The van der Waals surface area contributed by atoms with E-state index < -0.39 is 5.97 Å². The number of carboxylic acids is 1. The molecule has 0 radical (unpaired) electrons. The van der Waals surface area contributed by atoms with Gasteiger partial charge in [-0.3, -0.25) is 4.79 Å². The molecule has 0 bridgehead atoms. The Morgan fingerprint density at radius 2 is 2.22 bits per heavy atom. The van der Waals surface area contributed by atoms with Gasteiger partial charge in [-0.05, 0) is 35.2 Å². The molecule has 1 heterocycles. The van der Waals surface area contributed by atoms with Crippen molar-refractivity contribution in [2.45, 2.75) is 25.8 Å². The lowest BCUT2D eigenvalue weighted by molar-refractivity contribution is -0.137. The Kier molecular flexibility index (Phi) is 6.21. The first-order valence-electron chi connectivity index (χ1n) is 5.81. The first-order chi connectivity index (χ1) is 8.59. The number of aliphatic carboxylic acids is 1. The van der Waals surface area contributed by atoms with Gasteiger partial charge < -0.3 is 15.3 Å². The molecule has 0 aliphatic heterocycles. The fourth-order valence-electron chi connectivity index (χ4n) is 1.46. The fraction of sp³-hybridized carbons (Fsp3) is 0.500. The van der Waals surface area contributed by atoms with Crippen molar-refractivity contribution in [3.63, 3.8) is 0 Å². The average Bonchev–Trinajstić information content (AvgIpc) is 2.80. The molecule has 100 valence electrons. The predicted molar refractivity (Wildman–Crippen MR) is 70.7 cm³/mol. The molecular weight excluding hydrogens is 252 g/mol. The molecule has 0 aromatic carbocycles. The second kappa shape index (κ2) is 7.71. The van der Waals surface area contributed by atoms with Gasteiger partial charge in [0.15, 0.2) is 0 Å². The molecular formula is C12H18N2O3S. The lowest BCUT2D eigenvalue weighted by atomic mass is 10.2. The van der Waals surface area contributed by atoms with Crippen molar-refractivity contribution in [1.82, 2.24) is 10.2 Å². The molecule has 5 nitrogen and oxygen atoms in total. The van der Waals surface area contributed by atoms with Gasteiger partial charge in [0, 0.05) is 26.6 Å². The van der Waals surface area contributed by atoms with Crippen LogP contribution in [0.1, 0.15) is 24.8 Å². The molecule has 2 N–H and O–H groups in total. The summed E-state index contributed by atoms with van der Waals surface area (Å²) in [4.78, 5) is 23.6. The SMILES string of the molecule is CN(Cc1ccsc1)C(=O)NCCCCC(=O)O. The van der Waals surface area contributed by atoms with Gasteiger partial charge in [0.2, 0.25) is 0 Å². The molecule has 0 spiro atoms. The molecule has 0 aliphatic carbocycles. The van der Waals surface area contributed by atoms with Crippen LogP contribution in [0.4, 0.5) is 4.79 Å². The quantitative estimate of drug-likeness (QED) is 0.746. The van der Waals surface area contributed by atoms with Crippen molar-refractivity contribution < 1.29 is 14.7 Å². The number of hydrogen-bond donors (Lipinski definition) is 2. The molecule has 1 aromatic heterocycles. The zero-order chi connectivity index (χ0) is 13.4. The number of nitrogens with zero attached hydrogens (tertiary/aromatic N) is 1. The summed E-state index contributed by atoms with van der Waals surface area (Å²) in [7, 11) is 1.74. The van der Waals surface area contributed by atoms with Gasteiger partial charge in [-0.15, -0.1) is 0 Å². The van der Waals surface area contributed by atoms with Gasteiger partial charge in [-0.25, -0.2) is 4.79 Å². The molecule has 0 fully saturated rings. The zero-order valence-corrected chi connectivity index (χ0v) is 11.2. The third kappa shape index (κ3) is 5.67. The van der Waals surface area contributed by atoms with Crippen molar-refractivity contribution >= 4 is 23.3 Å². The van der Waals surface area contributed by atoms with Crippen molar-refractivity contribution in [1.29, 1.82) is 0 Å². The van der Waals surface area contributed by atoms with Crippen LogP contribution >= 0.6 is 11.3 Å². The van der Waals surface area contributed by atoms with Gasteiger partial charge >= 0.3 is 12.0 Å². The largest absolute Gasteiger partial charge is 0.481 e. The molecule has 2 amide bonds. The van der Waals surface area contributed by atoms with Gasteiger partial charge in [0.25, 0.3) is 0 Å². The van der Waals surface area contributed by atoms with E-state index in [-0.39, 0.29) is 12.5 Å². The predicted octanol–water partition coefficient (Wildman–Crippen LogP) is 2.14. The maximum Gasteiger partial charge on any atom is 0.317 e. The van der Waals surface area contributed by atoms with Gasteiger partial charge in [0.1, 0.15) is 0 Å². The number of nitrogens with one attached hydrogen (secondary N) is 1. The molecule has 0 aliphatic rings. The van der Waals surface area contributed by atoms with E-state index in [1.807, 2.05) is 16.8 Å². The molecule has 1 rings (SSSR count). The highest BCUT2D eigenvalue weighted by atomic mass is 32.1. The van der Waals surface area contributed by atoms with E-state index in [1.54, 1.807) is 23.3 Å². The summed E-state index contributed by atoms with van der Waals surface area (Å²) < 4.78 is 0. The summed E-state index contributed by atoms with van der Waals surface area (Å²) in [5.74, 6) is -0.795. The van der Waals surface area contributed by atoms with Crippen LogP contribution in [0.3, 0.4) is 0 Å². The van der Waals surface area contributed by atoms with E-state index in [0.717, 1.165) is 5.56 Å². The van der Waals surface area contributed by atoms with Gasteiger partial charge in [-0.1, -0.05) is 0 Å². The number of carbonyl (C=O) groups excluding carboxylic acids is 1. The molecule has 0 atom stereocenters. The Balaban J connectivity index is 2.14. The maximum absolute atomic E-state index is 11.7. The minimum atomic E-state index is -0.795. The second-order valence-electron chi connectivity index (χ2n) is 4.07. The van der Waals surface area contributed by atoms with E-state index in [0.29, 0.717) is 25.9 Å². The zero-order valence-electron chi connectivity index (χ0n) is 10.4. The maximum atomic E-state index is 11.7. The minimum absolute atomic E-state index is 0.128. The van der Waals surface area contributed by atoms with E-state index >= 15 is 0 Å². The van der Waals surface area contributed by atoms with Crippen LogP contribution < -0.4 is 5.32 Å². The highest BCUT2D eigenvalue weighted by Gasteiger charge is 2.08. The molecule has 6 heteroatoms. The topological polar surface area (TPSA) is 69.6 Å². The normalized spacial score (nSPS) is 10.1. The summed E-state index contributed by atoms with van der Waals surface area (Å²) in [5, 5.41) is 15.2. The lowest BCUT2D eigenvalue weighted by Gasteiger charge is -2.17. The van der Waals surface area contributed by atoms with E-state index in [1.165, 1.54) is 0 Å². The molecule has 18 heavy (non-hydrogen) atoms.